The monoisotopic (exact) mass is 409 g/mol. The molecule has 0 spiro atoms. The van der Waals surface area contributed by atoms with Gasteiger partial charge in [-0.05, 0) is 56.7 Å². The molecule has 1 atom stereocenters. The predicted molar refractivity (Wildman–Crippen MR) is 116 cm³/mol. The van der Waals surface area contributed by atoms with Gasteiger partial charge in [-0.15, -0.1) is 0 Å². The maximum atomic E-state index is 13.2. The van der Waals surface area contributed by atoms with Gasteiger partial charge < -0.3 is 14.2 Å². The first-order valence-corrected chi connectivity index (χ1v) is 9.75. The predicted octanol–water partition coefficient (Wildman–Crippen LogP) is 5.41. The van der Waals surface area contributed by atoms with Crippen molar-refractivity contribution in [3.8, 4) is 11.5 Å². The van der Waals surface area contributed by atoms with Crippen LogP contribution in [0.5, 0.6) is 11.5 Å². The number of ether oxygens (including phenoxy) is 3. The van der Waals surface area contributed by atoms with Gasteiger partial charge in [-0.3, -0.25) is 4.79 Å². The second-order valence-electron chi connectivity index (χ2n) is 8.11. The molecule has 30 heavy (non-hydrogen) atoms. The Kier molecular flexibility index (Phi) is 5.87. The lowest BCUT2D eigenvalue weighted by atomic mass is 9.94. The lowest BCUT2D eigenvalue weighted by Crippen LogP contribution is -2.28. The summed E-state index contributed by atoms with van der Waals surface area (Å²) >= 11 is 0. The molecule has 0 fully saturated rings. The van der Waals surface area contributed by atoms with Crippen molar-refractivity contribution in [1.82, 2.24) is 4.57 Å². The fourth-order valence-electron chi connectivity index (χ4n) is 3.55. The summed E-state index contributed by atoms with van der Waals surface area (Å²) in [5.74, 6) is 1.09. The molecule has 1 heterocycles. The van der Waals surface area contributed by atoms with Gasteiger partial charge in [0, 0.05) is 22.6 Å². The molecular formula is C24H27NO5. The van der Waals surface area contributed by atoms with Gasteiger partial charge in [-0.25, -0.2) is 9.36 Å². The van der Waals surface area contributed by atoms with Crippen LogP contribution in [0.25, 0.3) is 10.9 Å². The minimum atomic E-state index is -0.678. The van der Waals surface area contributed by atoms with Crippen molar-refractivity contribution in [1.29, 1.82) is 0 Å². The quantitative estimate of drug-likeness (QED) is 0.528. The third-order valence-electron chi connectivity index (χ3n) is 4.97. The molecule has 6 nitrogen and oxygen atoms in total. The molecule has 0 aliphatic rings. The minimum Gasteiger partial charge on any atom is -0.497 e. The van der Waals surface area contributed by atoms with E-state index in [0.717, 1.165) is 17.6 Å². The SMILES string of the molecule is COc1ccc([C@@H](C)c2c(C=O)c3cc(OC)ccc3n2C(=O)OC(C)(C)C)cc1. The highest BCUT2D eigenvalue weighted by Crippen LogP contribution is 2.36. The van der Waals surface area contributed by atoms with Crippen molar-refractivity contribution >= 4 is 23.3 Å². The maximum absolute atomic E-state index is 13.2. The van der Waals surface area contributed by atoms with Crippen LogP contribution in [0, 0.1) is 0 Å². The van der Waals surface area contributed by atoms with Gasteiger partial charge in [-0.1, -0.05) is 19.1 Å². The summed E-state index contributed by atoms with van der Waals surface area (Å²) in [5, 5.41) is 0.644. The first kappa shape index (κ1) is 21.4. The summed E-state index contributed by atoms with van der Waals surface area (Å²) in [7, 11) is 3.17. The Hall–Kier alpha value is -3.28. The number of aldehydes is 1. The zero-order valence-corrected chi connectivity index (χ0v) is 18.2. The van der Waals surface area contributed by atoms with Gasteiger partial charge in [0.05, 0.1) is 19.7 Å². The average Bonchev–Trinajstić information content (AvgIpc) is 3.05. The molecule has 3 rings (SSSR count). The van der Waals surface area contributed by atoms with E-state index in [4.69, 9.17) is 14.2 Å². The number of carbonyl (C=O) groups excluding carboxylic acids is 2. The molecule has 3 aromatic rings. The standard InChI is InChI=1S/C24H27NO5/c1-15(16-7-9-17(28-5)10-8-16)22-20(14-26)19-13-18(29-6)11-12-21(19)25(22)23(27)30-24(2,3)4/h7-15H,1-6H3/t15-/m1/s1. The molecule has 6 heteroatoms. The van der Waals surface area contributed by atoms with E-state index in [-0.39, 0.29) is 5.92 Å². The normalized spacial score (nSPS) is 12.5. The second kappa shape index (κ2) is 8.22. The van der Waals surface area contributed by atoms with Gasteiger partial charge in [0.25, 0.3) is 0 Å². The lowest BCUT2D eigenvalue weighted by Gasteiger charge is -2.22. The molecule has 0 bridgehead atoms. The molecule has 0 amide bonds. The van der Waals surface area contributed by atoms with Crippen LogP contribution in [-0.2, 0) is 4.74 Å². The van der Waals surface area contributed by atoms with E-state index in [1.165, 1.54) is 4.57 Å². The molecule has 0 aliphatic heterocycles. The molecular weight excluding hydrogens is 382 g/mol. The number of rotatable bonds is 5. The third kappa shape index (κ3) is 4.03. The van der Waals surface area contributed by atoms with Crippen molar-refractivity contribution in [3.63, 3.8) is 0 Å². The smallest absolute Gasteiger partial charge is 0.419 e. The first-order chi connectivity index (χ1) is 14.2. The molecule has 158 valence electrons. The molecule has 0 saturated heterocycles. The van der Waals surface area contributed by atoms with E-state index in [1.54, 1.807) is 32.4 Å². The maximum Gasteiger partial charge on any atom is 0.419 e. The highest BCUT2D eigenvalue weighted by atomic mass is 16.6. The van der Waals surface area contributed by atoms with Gasteiger partial charge in [-0.2, -0.15) is 0 Å². The number of nitrogens with zero attached hydrogens (tertiary/aromatic N) is 1. The van der Waals surface area contributed by atoms with E-state index in [9.17, 15) is 9.59 Å². The van der Waals surface area contributed by atoms with Crippen molar-refractivity contribution in [2.45, 2.75) is 39.2 Å². The number of carbonyl (C=O) groups is 2. The Morgan fingerprint density at radius 1 is 1.00 bits per heavy atom. The Morgan fingerprint density at radius 3 is 2.13 bits per heavy atom. The highest BCUT2D eigenvalue weighted by molar-refractivity contribution is 6.04. The summed E-state index contributed by atoms with van der Waals surface area (Å²) in [6.45, 7) is 7.40. The van der Waals surface area contributed by atoms with Crippen LogP contribution in [0.15, 0.2) is 42.5 Å². The molecule has 1 aromatic heterocycles. The number of hydrogen-bond donors (Lipinski definition) is 0. The fraction of sp³-hybridized carbons (Fsp3) is 0.333. The van der Waals surface area contributed by atoms with Crippen molar-refractivity contribution in [2.24, 2.45) is 0 Å². The summed E-state index contributed by atoms with van der Waals surface area (Å²) < 4.78 is 17.7. The number of aromatic nitrogens is 1. The summed E-state index contributed by atoms with van der Waals surface area (Å²) in [6, 6.07) is 12.9. The number of methoxy groups -OCH3 is 2. The fourth-order valence-corrected chi connectivity index (χ4v) is 3.55. The van der Waals surface area contributed by atoms with E-state index in [1.807, 2.05) is 52.0 Å². The second-order valence-corrected chi connectivity index (χ2v) is 8.11. The van der Waals surface area contributed by atoms with Crippen LogP contribution in [0.2, 0.25) is 0 Å². The van der Waals surface area contributed by atoms with E-state index in [2.05, 4.69) is 0 Å². The van der Waals surface area contributed by atoms with E-state index in [0.29, 0.717) is 27.9 Å². The third-order valence-corrected chi connectivity index (χ3v) is 4.97. The van der Waals surface area contributed by atoms with Gasteiger partial charge in [0.2, 0.25) is 0 Å². The van der Waals surface area contributed by atoms with Crippen molar-refractivity contribution in [3.05, 3.63) is 59.3 Å². The van der Waals surface area contributed by atoms with Gasteiger partial charge >= 0.3 is 6.09 Å². The molecule has 2 aromatic carbocycles. The Balaban J connectivity index is 2.27. The Bertz CT molecular complexity index is 1070. The van der Waals surface area contributed by atoms with Gasteiger partial charge in [0.15, 0.2) is 6.29 Å². The van der Waals surface area contributed by atoms with Crippen LogP contribution in [0.4, 0.5) is 4.79 Å². The largest absolute Gasteiger partial charge is 0.497 e. The average molecular weight is 409 g/mol. The highest BCUT2D eigenvalue weighted by Gasteiger charge is 2.29. The zero-order valence-electron chi connectivity index (χ0n) is 18.2. The number of fused-ring (bicyclic) bond motifs is 1. The topological polar surface area (TPSA) is 66.8 Å². The van der Waals surface area contributed by atoms with Gasteiger partial charge in [0.1, 0.15) is 17.1 Å². The Morgan fingerprint density at radius 2 is 1.60 bits per heavy atom. The summed E-state index contributed by atoms with van der Waals surface area (Å²) in [4.78, 5) is 25.4. The number of hydrogen-bond acceptors (Lipinski definition) is 5. The van der Waals surface area contributed by atoms with E-state index < -0.39 is 11.7 Å². The molecule has 0 unspecified atom stereocenters. The zero-order chi connectivity index (χ0) is 22.1. The van der Waals surface area contributed by atoms with Crippen LogP contribution in [0.1, 0.15) is 55.2 Å². The first-order valence-electron chi connectivity index (χ1n) is 9.75. The molecule has 0 aliphatic carbocycles. The molecule has 0 radical (unpaired) electrons. The summed E-state index contributed by atoms with van der Waals surface area (Å²) in [6.07, 6.45) is 0.263. The molecule has 0 N–H and O–H groups in total. The molecule has 0 saturated carbocycles. The summed E-state index contributed by atoms with van der Waals surface area (Å²) in [5.41, 5.74) is 1.88. The van der Waals surface area contributed by atoms with Crippen molar-refractivity contribution < 1.29 is 23.8 Å². The van der Waals surface area contributed by atoms with Crippen LogP contribution in [0.3, 0.4) is 0 Å². The lowest BCUT2D eigenvalue weighted by molar-refractivity contribution is 0.0539. The minimum absolute atomic E-state index is 0.248. The Labute approximate surface area is 176 Å². The van der Waals surface area contributed by atoms with E-state index >= 15 is 0 Å². The van der Waals surface area contributed by atoms with Crippen LogP contribution >= 0.6 is 0 Å². The van der Waals surface area contributed by atoms with Crippen LogP contribution in [-0.4, -0.2) is 36.8 Å². The van der Waals surface area contributed by atoms with Crippen molar-refractivity contribution in [2.75, 3.05) is 14.2 Å². The number of benzene rings is 2. The van der Waals surface area contributed by atoms with Crippen LogP contribution < -0.4 is 9.47 Å².